The molecule has 0 radical (unpaired) electrons. The minimum absolute atomic E-state index is 0.0193. The van der Waals surface area contributed by atoms with Gasteiger partial charge in [-0.25, -0.2) is 8.42 Å². The Hall–Kier alpha value is -2.71. The molecule has 1 heterocycles. The fourth-order valence-corrected chi connectivity index (χ4v) is 4.29. The van der Waals surface area contributed by atoms with E-state index in [4.69, 9.17) is 0 Å². The van der Waals surface area contributed by atoms with Gasteiger partial charge >= 0.3 is 0 Å². The average Bonchev–Trinajstić information content (AvgIpc) is 2.71. The first-order valence-corrected chi connectivity index (χ1v) is 11.2. The number of rotatable bonds is 7. The Bertz CT molecular complexity index is 1120. The molecular formula is C21H20BrN3O3S. The van der Waals surface area contributed by atoms with E-state index in [1.165, 1.54) is 12.1 Å². The lowest BCUT2D eigenvalue weighted by Crippen LogP contribution is -2.26. The van der Waals surface area contributed by atoms with E-state index >= 15 is 0 Å². The highest BCUT2D eigenvalue weighted by Gasteiger charge is 2.18. The molecule has 2 aromatic carbocycles. The van der Waals surface area contributed by atoms with E-state index in [1.54, 1.807) is 36.7 Å². The molecule has 0 unspecified atom stereocenters. The van der Waals surface area contributed by atoms with Crippen molar-refractivity contribution in [3.63, 3.8) is 0 Å². The molecule has 0 bridgehead atoms. The number of amides is 1. The molecule has 0 aliphatic heterocycles. The largest absolute Gasteiger partial charge is 0.352 e. The van der Waals surface area contributed by atoms with Crippen molar-refractivity contribution in [2.24, 2.45) is 0 Å². The number of hydrogen-bond donors (Lipinski definition) is 2. The van der Waals surface area contributed by atoms with Gasteiger partial charge in [0, 0.05) is 29.0 Å². The number of sulfonamides is 1. The maximum absolute atomic E-state index is 12.8. The van der Waals surface area contributed by atoms with Gasteiger partial charge in [0.15, 0.2) is 0 Å². The topological polar surface area (TPSA) is 88.2 Å². The molecule has 0 spiro atoms. The van der Waals surface area contributed by atoms with Crippen molar-refractivity contribution in [2.45, 2.75) is 18.2 Å². The molecule has 3 rings (SSSR count). The predicted octanol–water partition coefficient (Wildman–Crippen LogP) is 3.93. The number of nitrogens with one attached hydrogen (secondary N) is 2. The van der Waals surface area contributed by atoms with E-state index in [9.17, 15) is 13.2 Å². The lowest BCUT2D eigenvalue weighted by Gasteiger charge is -2.12. The second-order valence-corrected chi connectivity index (χ2v) is 9.02. The van der Waals surface area contributed by atoms with Crippen LogP contribution in [0.4, 0.5) is 5.69 Å². The van der Waals surface area contributed by atoms with Crippen LogP contribution in [0.2, 0.25) is 0 Å². The Morgan fingerprint density at radius 1 is 1.10 bits per heavy atom. The summed E-state index contributed by atoms with van der Waals surface area (Å²) in [5, 5.41) is 2.80. The van der Waals surface area contributed by atoms with Crippen LogP contribution >= 0.6 is 15.9 Å². The Labute approximate surface area is 178 Å². The molecule has 1 aromatic heterocycles. The van der Waals surface area contributed by atoms with Crippen LogP contribution in [0.15, 0.2) is 76.4 Å². The smallest absolute Gasteiger partial charge is 0.261 e. The molecule has 0 aliphatic carbocycles. The standard InChI is InChI=1S/C21H20BrN3O3S/c1-15-7-8-19(22)20(12-15)25-29(27,28)18-6-2-5-17(13-18)21(26)24-11-9-16-4-3-10-23-14-16/h2-8,10,12-14,25H,9,11H2,1H3,(H,24,26). The second kappa shape index (κ2) is 9.19. The molecule has 2 N–H and O–H groups in total. The number of carbonyl (C=O) groups excluding carboxylic acids is 1. The fourth-order valence-electron chi connectivity index (χ4n) is 2.69. The summed E-state index contributed by atoms with van der Waals surface area (Å²) in [4.78, 5) is 16.5. The van der Waals surface area contributed by atoms with Gasteiger partial charge in [-0.1, -0.05) is 18.2 Å². The summed E-state index contributed by atoms with van der Waals surface area (Å²) in [6, 6.07) is 15.1. The molecule has 1 amide bonds. The third-order valence-electron chi connectivity index (χ3n) is 4.19. The molecular weight excluding hydrogens is 454 g/mol. The predicted molar refractivity (Wildman–Crippen MR) is 116 cm³/mol. The highest BCUT2D eigenvalue weighted by Crippen LogP contribution is 2.26. The van der Waals surface area contributed by atoms with Gasteiger partial charge < -0.3 is 5.32 Å². The fraction of sp³-hybridized carbons (Fsp3) is 0.143. The molecule has 0 saturated heterocycles. The van der Waals surface area contributed by atoms with Gasteiger partial charge in [-0.05, 0) is 76.8 Å². The van der Waals surface area contributed by atoms with Crippen LogP contribution in [0, 0.1) is 6.92 Å². The van der Waals surface area contributed by atoms with Gasteiger partial charge in [0.2, 0.25) is 0 Å². The highest BCUT2D eigenvalue weighted by molar-refractivity contribution is 9.10. The van der Waals surface area contributed by atoms with Crippen molar-refractivity contribution >= 4 is 37.5 Å². The summed E-state index contributed by atoms with van der Waals surface area (Å²) >= 11 is 3.35. The van der Waals surface area contributed by atoms with Crippen molar-refractivity contribution in [2.75, 3.05) is 11.3 Å². The summed E-state index contributed by atoms with van der Waals surface area (Å²) in [7, 11) is -3.84. The van der Waals surface area contributed by atoms with E-state index in [-0.39, 0.29) is 16.4 Å². The molecule has 0 atom stereocenters. The van der Waals surface area contributed by atoms with Crippen LogP contribution in [0.5, 0.6) is 0 Å². The zero-order chi connectivity index (χ0) is 20.9. The van der Waals surface area contributed by atoms with Crippen LogP contribution in [-0.4, -0.2) is 25.9 Å². The van der Waals surface area contributed by atoms with Crippen LogP contribution in [0.25, 0.3) is 0 Å². The number of benzene rings is 2. The number of carbonyl (C=O) groups is 1. The zero-order valence-corrected chi connectivity index (χ0v) is 18.1. The number of pyridine rings is 1. The Morgan fingerprint density at radius 2 is 1.93 bits per heavy atom. The van der Waals surface area contributed by atoms with Crippen molar-refractivity contribution in [3.05, 3.63) is 88.2 Å². The van der Waals surface area contributed by atoms with Crippen LogP contribution in [0.1, 0.15) is 21.5 Å². The van der Waals surface area contributed by atoms with Crippen LogP contribution < -0.4 is 10.0 Å². The number of hydrogen-bond acceptors (Lipinski definition) is 4. The number of anilines is 1. The summed E-state index contributed by atoms with van der Waals surface area (Å²) in [6.45, 7) is 2.30. The van der Waals surface area contributed by atoms with Crippen molar-refractivity contribution in [3.8, 4) is 0 Å². The number of halogens is 1. The first-order chi connectivity index (χ1) is 13.8. The number of aryl methyl sites for hydroxylation is 1. The van der Waals surface area contributed by atoms with E-state index in [0.717, 1.165) is 11.1 Å². The van der Waals surface area contributed by atoms with Gasteiger partial charge in [-0.15, -0.1) is 0 Å². The lowest BCUT2D eigenvalue weighted by molar-refractivity contribution is 0.0954. The first kappa shape index (κ1) is 21.0. The SMILES string of the molecule is Cc1ccc(Br)c(NS(=O)(=O)c2cccc(C(=O)NCCc3cccnc3)c2)c1. The summed E-state index contributed by atoms with van der Waals surface area (Å²) in [5.74, 6) is -0.331. The average molecular weight is 474 g/mol. The molecule has 8 heteroatoms. The normalized spacial score (nSPS) is 11.1. The van der Waals surface area contributed by atoms with Crippen LogP contribution in [0.3, 0.4) is 0 Å². The third kappa shape index (κ3) is 5.65. The molecule has 0 aliphatic rings. The maximum atomic E-state index is 12.8. The second-order valence-electron chi connectivity index (χ2n) is 6.48. The summed E-state index contributed by atoms with van der Waals surface area (Å²) in [5.41, 5.74) is 2.66. The lowest BCUT2D eigenvalue weighted by atomic mass is 10.2. The van der Waals surface area contributed by atoms with E-state index in [0.29, 0.717) is 23.1 Å². The quantitative estimate of drug-likeness (QED) is 0.543. The molecule has 150 valence electrons. The van der Waals surface area contributed by atoms with E-state index in [2.05, 4.69) is 31.0 Å². The van der Waals surface area contributed by atoms with Gasteiger partial charge in [-0.3, -0.25) is 14.5 Å². The highest BCUT2D eigenvalue weighted by atomic mass is 79.9. The summed E-state index contributed by atoms with van der Waals surface area (Å²) in [6.07, 6.45) is 4.08. The maximum Gasteiger partial charge on any atom is 0.261 e. The monoisotopic (exact) mass is 473 g/mol. The molecule has 6 nitrogen and oxygen atoms in total. The Balaban J connectivity index is 1.70. The van der Waals surface area contributed by atoms with Crippen LogP contribution in [-0.2, 0) is 16.4 Å². The minimum Gasteiger partial charge on any atom is -0.352 e. The summed E-state index contributed by atoms with van der Waals surface area (Å²) < 4.78 is 28.7. The third-order valence-corrected chi connectivity index (χ3v) is 6.25. The molecule has 0 fully saturated rings. The van der Waals surface area contributed by atoms with Gasteiger partial charge in [-0.2, -0.15) is 0 Å². The Morgan fingerprint density at radius 3 is 2.69 bits per heavy atom. The zero-order valence-electron chi connectivity index (χ0n) is 15.7. The van der Waals surface area contributed by atoms with Crippen molar-refractivity contribution in [1.82, 2.24) is 10.3 Å². The molecule has 3 aromatic rings. The van der Waals surface area contributed by atoms with E-state index < -0.39 is 10.0 Å². The minimum atomic E-state index is -3.84. The number of nitrogens with zero attached hydrogens (tertiary/aromatic N) is 1. The van der Waals surface area contributed by atoms with Gasteiger partial charge in [0.25, 0.3) is 15.9 Å². The van der Waals surface area contributed by atoms with Crippen molar-refractivity contribution < 1.29 is 13.2 Å². The van der Waals surface area contributed by atoms with Gasteiger partial charge in [0.1, 0.15) is 0 Å². The van der Waals surface area contributed by atoms with Crippen molar-refractivity contribution in [1.29, 1.82) is 0 Å². The first-order valence-electron chi connectivity index (χ1n) is 8.91. The number of aromatic nitrogens is 1. The molecule has 0 saturated carbocycles. The van der Waals surface area contributed by atoms with E-state index in [1.807, 2.05) is 25.1 Å². The Kier molecular flexibility index (Phi) is 6.66. The molecule has 29 heavy (non-hydrogen) atoms. The van der Waals surface area contributed by atoms with Gasteiger partial charge in [0.05, 0.1) is 10.6 Å².